The standard InChI is InChI=1S/C61H104O5/c1-4-7-10-13-16-19-22-25-27-29-31-33-35-37-39-42-45-48-51-54-60(62)65-58-59(57-64-56-53-50-47-44-41-24-21-18-15-12-9-6-3)66-61(63)55-52-49-46-43-40-38-36-34-32-30-28-26-23-20-17-14-11-8-5-2/h7,10,16-17,19-20,25-28,31-34,37,39,59H,4-6,8-9,11-15,18,21-24,29-30,35-36,38,40-58H2,1-3H3/b10-7-,19-16-,20-17-,27-25-,28-26-,33-31-,34-32-,39-37-. The highest BCUT2D eigenvalue weighted by Gasteiger charge is 2.17. The van der Waals surface area contributed by atoms with Gasteiger partial charge in [-0.15, -0.1) is 0 Å². The lowest BCUT2D eigenvalue weighted by Crippen LogP contribution is -2.30. The summed E-state index contributed by atoms with van der Waals surface area (Å²) in [6.07, 6.45) is 75.6. The largest absolute Gasteiger partial charge is 0.462 e. The van der Waals surface area contributed by atoms with Gasteiger partial charge in [0.05, 0.1) is 6.61 Å². The Bertz CT molecular complexity index is 1270. The van der Waals surface area contributed by atoms with Crippen molar-refractivity contribution in [2.24, 2.45) is 0 Å². The average molecular weight is 917 g/mol. The average Bonchev–Trinajstić information content (AvgIpc) is 3.32. The number of unbranched alkanes of at least 4 members (excludes halogenated alkanes) is 23. The van der Waals surface area contributed by atoms with E-state index in [1.54, 1.807) is 0 Å². The fourth-order valence-corrected chi connectivity index (χ4v) is 7.48. The summed E-state index contributed by atoms with van der Waals surface area (Å²) in [5, 5.41) is 0. The van der Waals surface area contributed by atoms with E-state index in [9.17, 15) is 9.59 Å². The Hall–Kier alpha value is -3.18. The van der Waals surface area contributed by atoms with Crippen LogP contribution >= 0.6 is 0 Å². The zero-order chi connectivity index (χ0) is 47.7. The van der Waals surface area contributed by atoms with Crippen molar-refractivity contribution in [3.63, 3.8) is 0 Å². The Morgan fingerprint density at radius 1 is 0.348 bits per heavy atom. The van der Waals surface area contributed by atoms with Crippen molar-refractivity contribution in [3.05, 3.63) is 97.2 Å². The molecule has 0 aromatic carbocycles. The molecule has 0 amide bonds. The maximum atomic E-state index is 12.8. The highest BCUT2D eigenvalue weighted by atomic mass is 16.6. The number of hydrogen-bond donors (Lipinski definition) is 0. The van der Waals surface area contributed by atoms with Gasteiger partial charge in [0.25, 0.3) is 0 Å². The van der Waals surface area contributed by atoms with Crippen LogP contribution in [0.4, 0.5) is 0 Å². The first kappa shape index (κ1) is 62.8. The molecule has 0 heterocycles. The molecule has 0 aromatic heterocycles. The minimum atomic E-state index is -0.560. The minimum Gasteiger partial charge on any atom is -0.462 e. The number of carbonyl (C=O) groups is 2. The summed E-state index contributed by atoms with van der Waals surface area (Å²) in [6.45, 7) is 7.65. The smallest absolute Gasteiger partial charge is 0.306 e. The number of hydrogen-bond acceptors (Lipinski definition) is 5. The summed E-state index contributed by atoms with van der Waals surface area (Å²) in [7, 11) is 0. The van der Waals surface area contributed by atoms with Crippen LogP contribution in [0.3, 0.4) is 0 Å². The predicted molar refractivity (Wildman–Crippen MR) is 288 cm³/mol. The molecule has 0 aliphatic rings. The lowest BCUT2D eigenvalue weighted by molar-refractivity contribution is -0.163. The number of ether oxygens (including phenoxy) is 3. The van der Waals surface area contributed by atoms with Crippen molar-refractivity contribution in [1.82, 2.24) is 0 Å². The normalized spacial score (nSPS) is 13.0. The molecule has 66 heavy (non-hydrogen) atoms. The maximum Gasteiger partial charge on any atom is 0.306 e. The molecule has 0 aromatic rings. The van der Waals surface area contributed by atoms with Gasteiger partial charge in [0.2, 0.25) is 0 Å². The van der Waals surface area contributed by atoms with E-state index in [1.807, 2.05) is 0 Å². The molecule has 378 valence electrons. The Morgan fingerprint density at radius 2 is 0.682 bits per heavy atom. The van der Waals surface area contributed by atoms with Crippen molar-refractivity contribution in [2.75, 3.05) is 19.8 Å². The molecule has 0 bridgehead atoms. The molecule has 0 rings (SSSR count). The number of rotatable bonds is 50. The van der Waals surface area contributed by atoms with Crippen molar-refractivity contribution >= 4 is 11.9 Å². The fraction of sp³-hybridized carbons (Fsp3) is 0.705. The molecule has 0 saturated heterocycles. The first-order chi connectivity index (χ1) is 32.6. The van der Waals surface area contributed by atoms with Crippen molar-refractivity contribution in [3.8, 4) is 0 Å². The first-order valence-electron chi connectivity index (χ1n) is 27.8. The van der Waals surface area contributed by atoms with E-state index < -0.39 is 6.10 Å². The van der Waals surface area contributed by atoms with E-state index in [2.05, 4.69) is 118 Å². The molecule has 5 nitrogen and oxygen atoms in total. The summed E-state index contributed by atoms with van der Waals surface area (Å²) in [4.78, 5) is 25.5. The Morgan fingerprint density at radius 3 is 1.14 bits per heavy atom. The summed E-state index contributed by atoms with van der Waals surface area (Å²) < 4.78 is 17.4. The monoisotopic (exact) mass is 917 g/mol. The zero-order valence-electron chi connectivity index (χ0n) is 43.4. The minimum absolute atomic E-state index is 0.0598. The Kier molecular flexibility index (Phi) is 53.4. The number of esters is 2. The van der Waals surface area contributed by atoms with E-state index >= 15 is 0 Å². The summed E-state index contributed by atoms with van der Waals surface area (Å²) in [5.41, 5.74) is 0. The molecular weight excluding hydrogens is 813 g/mol. The van der Waals surface area contributed by atoms with Gasteiger partial charge in [0.15, 0.2) is 6.10 Å². The number of allylic oxidation sites excluding steroid dienone is 16. The summed E-state index contributed by atoms with van der Waals surface area (Å²) in [6, 6.07) is 0. The molecule has 0 aliphatic carbocycles. The van der Waals surface area contributed by atoms with Gasteiger partial charge < -0.3 is 14.2 Å². The number of carbonyl (C=O) groups excluding carboxylic acids is 2. The first-order valence-corrected chi connectivity index (χ1v) is 27.8. The van der Waals surface area contributed by atoms with Crippen LogP contribution in [0.5, 0.6) is 0 Å². The summed E-state index contributed by atoms with van der Waals surface area (Å²) >= 11 is 0. The molecule has 1 atom stereocenters. The molecule has 0 saturated carbocycles. The van der Waals surface area contributed by atoms with Crippen molar-refractivity contribution in [2.45, 2.75) is 258 Å². The maximum absolute atomic E-state index is 12.8. The molecule has 0 radical (unpaired) electrons. The third-order valence-electron chi connectivity index (χ3n) is 11.6. The highest BCUT2D eigenvalue weighted by molar-refractivity contribution is 5.70. The fourth-order valence-electron chi connectivity index (χ4n) is 7.48. The van der Waals surface area contributed by atoms with Crippen LogP contribution in [-0.4, -0.2) is 37.9 Å². The van der Waals surface area contributed by atoms with Crippen LogP contribution in [0.2, 0.25) is 0 Å². The van der Waals surface area contributed by atoms with Gasteiger partial charge in [-0.05, 0) is 103 Å². The van der Waals surface area contributed by atoms with Gasteiger partial charge in [-0.3, -0.25) is 9.59 Å². The van der Waals surface area contributed by atoms with Crippen LogP contribution in [0.15, 0.2) is 97.2 Å². The van der Waals surface area contributed by atoms with Crippen molar-refractivity contribution < 1.29 is 23.8 Å². The Labute approximate surface area is 409 Å². The molecular formula is C61H104O5. The van der Waals surface area contributed by atoms with Gasteiger partial charge in [-0.1, -0.05) is 234 Å². The lowest BCUT2D eigenvalue weighted by atomic mass is 10.1. The third-order valence-corrected chi connectivity index (χ3v) is 11.6. The molecule has 0 aliphatic heterocycles. The van der Waals surface area contributed by atoms with Gasteiger partial charge in [-0.25, -0.2) is 0 Å². The second-order valence-corrected chi connectivity index (χ2v) is 18.1. The zero-order valence-corrected chi connectivity index (χ0v) is 43.4. The van der Waals surface area contributed by atoms with E-state index in [-0.39, 0.29) is 25.2 Å². The van der Waals surface area contributed by atoms with Crippen LogP contribution in [0, 0.1) is 0 Å². The van der Waals surface area contributed by atoms with E-state index in [0.29, 0.717) is 19.4 Å². The highest BCUT2D eigenvalue weighted by Crippen LogP contribution is 2.14. The molecule has 0 spiro atoms. The lowest BCUT2D eigenvalue weighted by Gasteiger charge is -2.18. The second kappa shape index (κ2) is 56.1. The van der Waals surface area contributed by atoms with Crippen molar-refractivity contribution in [1.29, 1.82) is 0 Å². The molecule has 1 unspecified atom stereocenters. The van der Waals surface area contributed by atoms with Crippen LogP contribution < -0.4 is 0 Å². The van der Waals surface area contributed by atoms with Gasteiger partial charge >= 0.3 is 11.9 Å². The van der Waals surface area contributed by atoms with E-state index in [0.717, 1.165) is 109 Å². The van der Waals surface area contributed by atoms with Gasteiger partial charge in [0.1, 0.15) is 6.61 Å². The van der Waals surface area contributed by atoms with E-state index in [1.165, 1.54) is 109 Å². The second-order valence-electron chi connectivity index (χ2n) is 18.1. The Balaban J connectivity index is 4.34. The quantitative estimate of drug-likeness (QED) is 0.0346. The van der Waals surface area contributed by atoms with Crippen LogP contribution in [-0.2, 0) is 23.8 Å². The van der Waals surface area contributed by atoms with Crippen LogP contribution in [0.25, 0.3) is 0 Å². The van der Waals surface area contributed by atoms with Gasteiger partial charge in [-0.2, -0.15) is 0 Å². The molecule has 0 N–H and O–H groups in total. The predicted octanol–water partition coefficient (Wildman–Crippen LogP) is 19.0. The topological polar surface area (TPSA) is 61.8 Å². The summed E-state index contributed by atoms with van der Waals surface area (Å²) in [5.74, 6) is -0.446. The third kappa shape index (κ3) is 53.4. The molecule has 0 fully saturated rings. The van der Waals surface area contributed by atoms with Crippen LogP contribution in [0.1, 0.15) is 252 Å². The molecule has 5 heteroatoms. The SMILES string of the molecule is CC/C=C\C/C=C\C/C=C\C/C=C\C/C=C\CCCCCC(=O)OCC(COCCCCCCCCCCCCCC)OC(=O)CCCCCCCC/C=C\C/C=C\C/C=C\CCCCC. The van der Waals surface area contributed by atoms with Gasteiger partial charge in [0, 0.05) is 19.4 Å². The van der Waals surface area contributed by atoms with E-state index in [4.69, 9.17) is 14.2 Å².